The Kier molecular flexibility index (Phi) is 4.06. The highest BCUT2D eigenvalue weighted by molar-refractivity contribution is 9.10. The number of para-hydroxylation sites is 1. The Morgan fingerprint density at radius 3 is 2.64 bits per heavy atom. The maximum Gasteiger partial charge on any atom is 0.354 e. The zero-order chi connectivity index (χ0) is 15.5. The summed E-state index contributed by atoms with van der Waals surface area (Å²) in [6.45, 7) is 0.367. The van der Waals surface area contributed by atoms with Gasteiger partial charge in [0.05, 0.1) is 5.52 Å². The molecule has 1 heterocycles. The second kappa shape index (κ2) is 6.15. The third-order valence-corrected chi connectivity index (χ3v) is 3.85. The van der Waals surface area contributed by atoms with E-state index in [1.807, 2.05) is 48.5 Å². The smallest absolute Gasteiger partial charge is 0.354 e. The minimum atomic E-state index is -1.08. The summed E-state index contributed by atoms with van der Waals surface area (Å²) in [6, 6.07) is 16.7. The fourth-order valence-corrected chi connectivity index (χ4v) is 2.60. The minimum Gasteiger partial charge on any atom is -0.488 e. The first-order valence-electron chi connectivity index (χ1n) is 6.64. The molecule has 22 heavy (non-hydrogen) atoms. The summed E-state index contributed by atoms with van der Waals surface area (Å²) in [5.41, 5.74) is 1.55. The molecule has 0 amide bonds. The van der Waals surface area contributed by atoms with Gasteiger partial charge >= 0.3 is 5.97 Å². The second-order valence-electron chi connectivity index (χ2n) is 4.72. The summed E-state index contributed by atoms with van der Waals surface area (Å²) in [5, 5.41) is 9.98. The van der Waals surface area contributed by atoms with Gasteiger partial charge in [0.15, 0.2) is 5.69 Å². The number of ether oxygens (including phenoxy) is 1. The maximum absolute atomic E-state index is 11.2. The first-order chi connectivity index (χ1) is 10.6. The van der Waals surface area contributed by atoms with Gasteiger partial charge in [-0.05, 0) is 33.6 Å². The van der Waals surface area contributed by atoms with E-state index in [2.05, 4.69) is 20.9 Å². The molecule has 0 aliphatic rings. The summed E-state index contributed by atoms with van der Waals surface area (Å²) < 4.78 is 6.56. The van der Waals surface area contributed by atoms with Gasteiger partial charge in [-0.1, -0.05) is 36.4 Å². The molecular weight excluding hydrogens is 346 g/mol. The van der Waals surface area contributed by atoms with Gasteiger partial charge in [0.25, 0.3) is 0 Å². The minimum absolute atomic E-state index is 0.0394. The Morgan fingerprint density at radius 1 is 1.14 bits per heavy atom. The van der Waals surface area contributed by atoms with E-state index < -0.39 is 5.97 Å². The zero-order valence-electron chi connectivity index (χ0n) is 11.5. The van der Waals surface area contributed by atoms with Crippen molar-refractivity contribution in [1.29, 1.82) is 0 Å². The van der Waals surface area contributed by atoms with E-state index in [1.54, 1.807) is 0 Å². The van der Waals surface area contributed by atoms with Gasteiger partial charge in [-0.2, -0.15) is 0 Å². The molecule has 3 rings (SSSR count). The fourth-order valence-electron chi connectivity index (χ4n) is 2.15. The molecule has 0 saturated heterocycles. The third-order valence-electron chi connectivity index (χ3n) is 3.21. The van der Waals surface area contributed by atoms with Crippen LogP contribution in [0.4, 0.5) is 0 Å². The summed E-state index contributed by atoms with van der Waals surface area (Å²) in [7, 11) is 0. The largest absolute Gasteiger partial charge is 0.488 e. The Morgan fingerprint density at radius 2 is 1.91 bits per heavy atom. The van der Waals surface area contributed by atoms with Crippen LogP contribution >= 0.6 is 15.9 Å². The molecule has 0 aliphatic heterocycles. The van der Waals surface area contributed by atoms with Crippen LogP contribution in [-0.4, -0.2) is 16.1 Å². The quantitative estimate of drug-likeness (QED) is 0.757. The number of benzene rings is 2. The monoisotopic (exact) mass is 357 g/mol. The van der Waals surface area contributed by atoms with Crippen molar-refractivity contribution in [2.24, 2.45) is 0 Å². The standard InChI is InChI=1S/C17H12BrNO3/c18-13-8-4-7-12-15(9-14(17(20)21)19-16(12)13)22-10-11-5-2-1-3-6-11/h1-9H,10H2,(H,20,21). The summed E-state index contributed by atoms with van der Waals surface area (Å²) in [5.74, 6) is -0.574. The van der Waals surface area contributed by atoms with Crippen LogP contribution in [0.2, 0.25) is 0 Å². The lowest BCUT2D eigenvalue weighted by Crippen LogP contribution is -2.03. The van der Waals surface area contributed by atoms with Crippen LogP contribution in [0.5, 0.6) is 5.75 Å². The number of carboxylic acid groups (broad SMARTS) is 1. The zero-order valence-corrected chi connectivity index (χ0v) is 13.1. The van der Waals surface area contributed by atoms with E-state index in [9.17, 15) is 9.90 Å². The van der Waals surface area contributed by atoms with Crippen LogP contribution in [0.3, 0.4) is 0 Å². The van der Waals surface area contributed by atoms with Gasteiger partial charge in [-0.15, -0.1) is 0 Å². The fraction of sp³-hybridized carbons (Fsp3) is 0.0588. The molecule has 1 N–H and O–H groups in total. The predicted octanol–water partition coefficient (Wildman–Crippen LogP) is 4.27. The Labute approximate surface area is 135 Å². The second-order valence-corrected chi connectivity index (χ2v) is 5.58. The van der Waals surface area contributed by atoms with Gasteiger partial charge in [-0.3, -0.25) is 0 Å². The maximum atomic E-state index is 11.2. The lowest BCUT2D eigenvalue weighted by molar-refractivity contribution is 0.0690. The van der Waals surface area contributed by atoms with Crippen molar-refractivity contribution < 1.29 is 14.6 Å². The molecule has 0 atom stereocenters. The molecule has 2 aromatic carbocycles. The Balaban J connectivity index is 2.03. The highest BCUT2D eigenvalue weighted by atomic mass is 79.9. The number of nitrogens with zero attached hydrogens (tertiary/aromatic N) is 1. The molecule has 5 heteroatoms. The third kappa shape index (κ3) is 2.94. The first-order valence-corrected chi connectivity index (χ1v) is 7.44. The number of pyridine rings is 1. The molecule has 3 aromatic rings. The lowest BCUT2D eigenvalue weighted by Gasteiger charge is -2.11. The van der Waals surface area contributed by atoms with E-state index >= 15 is 0 Å². The predicted molar refractivity (Wildman–Crippen MR) is 87.2 cm³/mol. The number of carbonyl (C=O) groups is 1. The lowest BCUT2D eigenvalue weighted by atomic mass is 10.1. The van der Waals surface area contributed by atoms with Gasteiger partial charge < -0.3 is 9.84 Å². The van der Waals surface area contributed by atoms with E-state index in [4.69, 9.17) is 4.74 Å². The molecule has 0 aliphatic carbocycles. The van der Waals surface area contributed by atoms with E-state index in [0.717, 1.165) is 15.4 Å². The van der Waals surface area contributed by atoms with Crippen molar-refractivity contribution in [2.75, 3.05) is 0 Å². The number of rotatable bonds is 4. The molecule has 0 radical (unpaired) electrons. The van der Waals surface area contributed by atoms with Crippen molar-refractivity contribution in [2.45, 2.75) is 6.61 Å². The van der Waals surface area contributed by atoms with Gasteiger partial charge in [0.1, 0.15) is 12.4 Å². The van der Waals surface area contributed by atoms with Crippen LogP contribution in [0.1, 0.15) is 16.1 Å². The number of hydrogen-bond donors (Lipinski definition) is 1. The van der Waals surface area contributed by atoms with Crippen molar-refractivity contribution in [3.8, 4) is 5.75 Å². The Hall–Kier alpha value is -2.40. The number of halogens is 1. The van der Waals surface area contributed by atoms with Crippen molar-refractivity contribution in [3.63, 3.8) is 0 Å². The first kappa shape index (κ1) is 14.5. The summed E-state index contributed by atoms with van der Waals surface area (Å²) in [4.78, 5) is 15.4. The normalized spacial score (nSPS) is 10.6. The molecule has 110 valence electrons. The molecule has 0 bridgehead atoms. The molecule has 0 fully saturated rings. The summed E-state index contributed by atoms with van der Waals surface area (Å²) >= 11 is 3.40. The van der Waals surface area contributed by atoms with Crippen LogP contribution < -0.4 is 4.74 Å². The molecule has 0 saturated carbocycles. The van der Waals surface area contributed by atoms with Crippen LogP contribution in [0.25, 0.3) is 10.9 Å². The van der Waals surface area contributed by atoms with E-state index in [0.29, 0.717) is 17.9 Å². The highest BCUT2D eigenvalue weighted by Crippen LogP contribution is 2.30. The van der Waals surface area contributed by atoms with E-state index in [-0.39, 0.29) is 5.69 Å². The number of carboxylic acids is 1. The molecule has 0 unspecified atom stereocenters. The van der Waals surface area contributed by atoms with Crippen LogP contribution in [-0.2, 0) is 6.61 Å². The number of hydrogen-bond acceptors (Lipinski definition) is 3. The molecule has 1 aromatic heterocycles. The molecule has 0 spiro atoms. The average molecular weight is 358 g/mol. The highest BCUT2D eigenvalue weighted by Gasteiger charge is 2.13. The molecular formula is C17H12BrNO3. The van der Waals surface area contributed by atoms with Gasteiger partial charge in [-0.25, -0.2) is 9.78 Å². The average Bonchev–Trinajstić information content (AvgIpc) is 2.54. The SMILES string of the molecule is O=C(O)c1cc(OCc2ccccc2)c2cccc(Br)c2n1. The van der Waals surface area contributed by atoms with Crippen LogP contribution in [0.15, 0.2) is 59.1 Å². The van der Waals surface area contributed by atoms with Crippen molar-refractivity contribution >= 4 is 32.8 Å². The number of aromatic nitrogens is 1. The molecule has 4 nitrogen and oxygen atoms in total. The number of aromatic carboxylic acids is 1. The topological polar surface area (TPSA) is 59.4 Å². The van der Waals surface area contributed by atoms with Crippen LogP contribution in [0, 0.1) is 0 Å². The van der Waals surface area contributed by atoms with Gasteiger partial charge in [0.2, 0.25) is 0 Å². The summed E-state index contributed by atoms with van der Waals surface area (Å²) in [6.07, 6.45) is 0. The van der Waals surface area contributed by atoms with Gasteiger partial charge in [0, 0.05) is 15.9 Å². The van der Waals surface area contributed by atoms with E-state index in [1.165, 1.54) is 6.07 Å². The Bertz CT molecular complexity index is 834. The van der Waals surface area contributed by atoms with Crippen molar-refractivity contribution in [3.05, 3.63) is 70.3 Å². The number of fused-ring (bicyclic) bond motifs is 1. The van der Waals surface area contributed by atoms with Crippen molar-refractivity contribution in [1.82, 2.24) is 4.98 Å².